The van der Waals surface area contributed by atoms with E-state index < -0.39 is 24.7 Å². The summed E-state index contributed by atoms with van der Waals surface area (Å²) in [6, 6.07) is 3.01. The third kappa shape index (κ3) is 5.37. The molecule has 0 amide bonds. The average Bonchev–Trinajstić information content (AvgIpc) is 2.23. The first-order valence-corrected chi connectivity index (χ1v) is 5.22. The Morgan fingerprint density at radius 1 is 1.11 bits per heavy atom. The number of benzene rings is 1. The molecule has 0 unspecified atom stereocenters. The fourth-order valence-electron chi connectivity index (χ4n) is 1.34. The van der Waals surface area contributed by atoms with Crippen molar-refractivity contribution in [3.05, 3.63) is 29.3 Å². The van der Waals surface area contributed by atoms with E-state index in [9.17, 15) is 26.3 Å². The second-order valence-corrected chi connectivity index (χ2v) is 3.75. The Balaban J connectivity index is 2.63. The second-order valence-electron chi connectivity index (χ2n) is 3.75. The van der Waals surface area contributed by atoms with Crippen LogP contribution in [0.3, 0.4) is 0 Å². The molecule has 0 saturated heterocycles. The lowest BCUT2D eigenvalue weighted by molar-refractivity contribution is -0.322. The van der Waals surface area contributed by atoms with Crippen molar-refractivity contribution in [2.45, 2.75) is 19.5 Å². The Hall–Kier alpha value is -1.44. The van der Waals surface area contributed by atoms with Crippen molar-refractivity contribution in [1.82, 2.24) is 0 Å². The van der Waals surface area contributed by atoms with E-state index in [1.807, 2.05) is 0 Å². The normalized spacial score (nSPS) is 12.6. The summed E-state index contributed by atoms with van der Waals surface area (Å²) in [5.74, 6) is 0. The number of ether oxygens (including phenoxy) is 1. The van der Waals surface area contributed by atoms with Gasteiger partial charge >= 0.3 is 12.5 Å². The third-order valence-corrected chi connectivity index (χ3v) is 2.25. The molecule has 108 valence electrons. The van der Waals surface area contributed by atoms with E-state index in [0.29, 0.717) is 5.56 Å². The number of hydrogen-bond donors (Lipinski definition) is 1. The van der Waals surface area contributed by atoms with Gasteiger partial charge in [0, 0.05) is 12.2 Å². The summed E-state index contributed by atoms with van der Waals surface area (Å²) in [4.78, 5) is 0. The molecule has 0 radical (unpaired) electrons. The van der Waals surface area contributed by atoms with Gasteiger partial charge in [-0.1, -0.05) is 6.07 Å². The molecular weight excluding hydrogens is 276 g/mol. The van der Waals surface area contributed by atoms with Gasteiger partial charge in [0.25, 0.3) is 0 Å². The molecule has 1 N–H and O–H groups in total. The van der Waals surface area contributed by atoms with Gasteiger partial charge in [-0.2, -0.15) is 13.2 Å². The largest absolute Gasteiger partial charge is 0.522 e. The first-order chi connectivity index (χ1) is 8.59. The number of halogens is 6. The minimum atomic E-state index is -4.75. The fourth-order valence-corrected chi connectivity index (χ4v) is 1.34. The highest BCUT2D eigenvalue weighted by Gasteiger charge is 2.31. The molecule has 0 saturated carbocycles. The fraction of sp³-hybridized carbons (Fsp3) is 0.455. The lowest BCUT2D eigenvalue weighted by atomic mass is 10.1. The van der Waals surface area contributed by atoms with Crippen LogP contribution in [0.1, 0.15) is 11.1 Å². The molecule has 0 aromatic heterocycles. The zero-order chi connectivity index (χ0) is 14.7. The van der Waals surface area contributed by atoms with E-state index in [2.05, 4.69) is 10.1 Å². The summed E-state index contributed by atoms with van der Waals surface area (Å²) >= 11 is 0. The first kappa shape index (κ1) is 15.6. The Kier molecular flexibility index (Phi) is 4.67. The predicted octanol–water partition coefficient (Wildman–Crippen LogP) is 3.96. The molecule has 19 heavy (non-hydrogen) atoms. The van der Waals surface area contributed by atoms with Crippen molar-refractivity contribution >= 4 is 5.69 Å². The minimum absolute atomic E-state index is 0.126. The van der Waals surface area contributed by atoms with Gasteiger partial charge in [0.2, 0.25) is 0 Å². The summed E-state index contributed by atoms with van der Waals surface area (Å²) in [6.45, 7) is 0.619. The van der Waals surface area contributed by atoms with Crippen molar-refractivity contribution in [1.29, 1.82) is 0 Å². The molecule has 0 aliphatic carbocycles. The lowest BCUT2D eigenvalue weighted by Crippen LogP contribution is -2.19. The van der Waals surface area contributed by atoms with E-state index in [1.54, 1.807) is 6.92 Å². The molecule has 1 rings (SSSR count). The first-order valence-electron chi connectivity index (χ1n) is 5.22. The highest BCUT2D eigenvalue weighted by Crippen LogP contribution is 2.31. The summed E-state index contributed by atoms with van der Waals surface area (Å²) in [5.41, 5.74) is -0.238. The van der Waals surface area contributed by atoms with Gasteiger partial charge < -0.3 is 5.32 Å². The van der Waals surface area contributed by atoms with E-state index in [1.165, 1.54) is 6.07 Å². The van der Waals surface area contributed by atoms with Crippen LogP contribution >= 0.6 is 0 Å². The Morgan fingerprint density at radius 2 is 1.74 bits per heavy atom. The third-order valence-electron chi connectivity index (χ3n) is 2.25. The number of rotatable bonds is 4. The van der Waals surface area contributed by atoms with Crippen LogP contribution in [0.4, 0.5) is 32.0 Å². The van der Waals surface area contributed by atoms with Crippen LogP contribution in [0.15, 0.2) is 18.2 Å². The van der Waals surface area contributed by atoms with Crippen LogP contribution in [0.25, 0.3) is 0 Å². The quantitative estimate of drug-likeness (QED) is 0.668. The van der Waals surface area contributed by atoms with Crippen LogP contribution in [0.2, 0.25) is 0 Å². The molecule has 0 fully saturated rings. The van der Waals surface area contributed by atoms with Gasteiger partial charge in [0.15, 0.2) is 0 Å². The van der Waals surface area contributed by atoms with E-state index in [0.717, 1.165) is 12.1 Å². The molecule has 0 aliphatic rings. The summed E-state index contributed by atoms with van der Waals surface area (Å²) in [7, 11) is 0. The maximum atomic E-state index is 12.4. The Labute approximate surface area is 105 Å². The zero-order valence-electron chi connectivity index (χ0n) is 9.82. The molecule has 0 spiro atoms. The molecule has 0 aliphatic heterocycles. The van der Waals surface area contributed by atoms with E-state index in [4.69, 9.17) is 0 Å². The standard InChI is InChI=1S/C11H11F6NO/c1-7-2-3-8(10(12,13)14)6-9(7)18-4-5-19-11(15,16)17/h2-3,6,18H,4-5H2,1H3. The van der Waals surface area contributed by atoms with Crippen LogP contribution in [0, 0.1) is 6.92 Å². The Morgan fingerprint density at radius 3 is 2.26 bits per heavy atom. The smallest absolute Gasteiger partial charge is 0.382 e. The monoisotopic (exact) mass is 287 g/mol. The van der Waals surface area contributed by atoms with Gasteiger partial charge in [-0.05, 0) is 24.6 Å². The summed E-state index contributed by atoms with van der Waals surface area (Å²) in [6.07, 6.45) is -9.24. The average molecular weight is 287 g/mol. The number of aryl methyl sites for hydroxylation is 1. The minimum Gasteiger partial charge on any atom is -0.382 e. The maximum Gasteiger partial charge on any atom is 0.522 e. The maximum absolute atomic E-state index is 12.4. The highest BCUT2D eigenvalue weighted by atomic mass is 19.4. The Bertz CT molecular complexity index is 426. The van der Waals surface area contributed by atoms with Crippen molar-refractivity contribution in [2.75, 3.05) is 18.5 Å². The van der Waals surface area contributed by atoms with Gasteiger partial charge in [-0.15, -0.1) is 13.2 Å². The number of alkyl halides is 6. The molecule has 1 aromatic rings. The summed E-state index contributed by atoms with van der Waals surface area (Å²) in [5, 5.41) is 2.47. The van der Waals surface area contributed by atoms with Gasteiger partial charge in [-0.3, -0.25) is 4.74 Å². The van der Waals surface area contributed by atoms with Crippen molar-refractivity contribution in [3.63, 3.8) is 0 Å². The van der Waals surface area contributed by atoms with Crippen LogP contribution in [-0.2, 0) is 10.9 Å². The van der Waals surface area contributed by atoms with Crippen LogP contribution in [0.5, 0.6) is 0 Å². The van der Waals surface area contributed by atoms with Crippen molar-refractivity contribution in [3.8, 4) is 0 Å². The topological polar surface area (TPSA) is 21.3 Å². The van der Waals surface area contributed by atoms with Crippen LogP contribution in [-0.4, -0.2) is 19.5 Å². The summed E-state index contributed by atoms with van der Waals surface area (Å²) < 4.78 is 75.9. The SMILES string of the molecule is Cc1ccc(C(F)(F)F)cc1NCCOC(F)(F)F. The zero-order valence-corrected chi connectivity index (χ0v) is 9.82. The van der Waals surface area contributed by atoms with E-state index in [-0.39, 0.29) is 12.2 Å². The molecule has 2 nitrogen and oxygen atoms in total. The van der Waals surface area contributed by atoms with Crippen molar-refractivity contribution in [2.24, 2.45) is 0 Å². The second kappa shape index (κ2) is 5.68. The molecular formula is C11H11F6NO. The molecule has 0 bridgehead atoms. The van der Waals surface area contributed by atoms with Gasteiger partial charge in [0.05, 0.1) is 12.2 Å². The number of anilines is 1. The molecule has 0 atom stereocenters. The van der Waals surface area contributed by atoms with E-state index >= 15 is 0 Å². The molecule has 0 heterocycles. The van der Waals surface area contributed by atoms with Gasteiger partial charge in [-0.25, -0.2) is 0 Å². The van der Waals surface area contributed by atoms with Gasteiger partial charge in [0.1, 0.15) is 0 Å². The number of nitrogens with one attached hydrogen (secondary N) is 1. The van der Waals surface area contributed by atoms with Crippen molar-refractivity contribution < 1.29 is 31.1 Å². The molecule has 8 heteroatoms. The predicted molar refractivity (Wildman–Crippen MR) is 56.7 cm³/mol. The highest BCUT2D eigenvalue weighted by molar-refractivity contribution is 5.53. The molecule has 1 aromatic carbocycles. The lowest BCUT2D eigenvalue weighted by Gasteiger charge is -2.14. The van der Waals surface area contributed by atoms with Crippen LogP contribution < -0.4 is 5.32 Å². The number of hydrogen-bond acceptors (Lipinski definition) is 2.